The molecule has 0 aliphatic carbocycles. The van der Waals surface area contributed by atoms with E-state index in [4.69, 9.17) is 4.74 Å². The van der Waals surface area contributed by atoms with Crippen molar-refractivity contribution in [1.29, 1.82) is 0 Å². The summed E-state index contributed by atoms with van der Waals surface area (Å²) in [7, 11) is 1.83. The third-order valence-electron chi connectivity index (χ3n) is 3.70. The Labute approximate surface area is 107 Å². The SMILES string of the molecule is COC1CCCN(C(C)CNCCC(C)C)C1. The van der Waals surface area contributed by atoms with Gasteiger partial charge >= 0.3 is 0 Å². The summed E-state index contributed by atoms with van der Waals surface area (Å²) in [5, 5.41) is 3.56. The Morgan fingerprint density at radius 2 is 2.12 bits per heavy atom. The molecule has 1 N–H and O–H groups in total. The van der Waals surface area contributed by atoms with Crippen LogP contribution in [0.2, 0.25) is 0 Å². The number of nitrogens with one attached hydrogen (secondary N) is 1. The van der Waals surface area contributed by atoms with Crippen molar-refractivity contribution in [1.82, 2.24) is 10.2 Å². The minimum Gasteiger partial charge on any atom is -0.380 e. The monoisotopic (exact) mass is 242 g/mol. The van der Waals surface area contributed by atoms with Gasteiger partial charge in [-0.2, -0.15) is 0 Å². The molecule has 0 saturated carbocycles. The zero-order valence-electron chi connectivity index (χ0n) is 12.0. The van der Waals surface area contributed by atoms with Crippen molar-refractivity contribution in [3.63, 3.8) is 0 Å². The van der Waals surface area contributed by atoms with E-state index in [2.05, 4.69) is 31.0 Å². The van der Waals surface area contributed by atoms with Crippen LogP contribution in [0, 0.1) is 5.92 Å². The van der Waals surface area contributed by atoms with E-state index in [9.17, 15) is 0 Å². The summed E-state index contributed by atoms with van der Waals surface area (Å²) in [6, 6.07) is 0.625. The molecule has 1 saturated heterocycles. The van der Waals surface area contributed by atoms with Crippen LogP contribution in [-0.2, 0) is 4.74 Å². The topological polar surface area (TPSA) is 24.5 Å². The number of hydrogen-bond acceptors (Lipinski definition) is 3. The molecule has 3 nitrogen and oxygen atoms in total. The van der Waals surface area contributed by atoms with Gasteiger partial charge in [0.25, 0.3) is 0 Å². The molecule has 0 aromatic carbocycles. The number of piperidine rings is 1. The molecule has 3 heteroatoms. The Bertz CT molecular complexity index is 197. The number of nitrogens with zero attached hydrogens (tertiary/aromatic N) is 1. The molecule has 1 aliphatic heterocycles. The molecule has 0 radical (unpaired) electrons. The summed E-state index contributed by atoms with van der Waals surface area (Å²) in [5.41, 5.74) is 0. The van der Waals surface area contributed by atoms with Crippen molar-refractivity contribution in [3.8, 4) is 0 Å². The predicted molar refractivity (Wildman–Crippen MR) is 73.4 cm³/mol. The van der Waals surface area contributed by atoms with Crippen LogP contribution < -0.4 is 5.32 Å². The van der Waals surface area contributed by atoms with E-state index in [1.807, 2.05) is 7.11 Å². The van der Waals surface area contributed by atoms with Gasteiger partial charge in [0.2, 0.25) is 0 Å². The van der Waals surface area contributed by atoms with Gasteiger partial charge in [-0.05, 0) is 45.2 Å². The fourth-order valence-corrected chi connectivity index (χ4v) is 2.39. The van der Waals surface area contributed by atoms with Gasteiger partial charge in [-0.25, -0.2) is 0 Å². The van der Waals surface area contributed by atoms with E-state index < -0.39 is 0 Å². The van der Waals surface area contributed by atoms with Crippen LogP contribution in [0.5, 0.6) is 0 Å². The van der Waals surface area contributed by atoms with E-state index in [0.717, 1.165) is 25.6 Å². The lowest BCUT2D eigenvalue weighted by atomic mass is 10.1. The first kappa shape index (κ1) is 14.9. The minimum absolute atomic E-state index is 0.446. The number of rotatable bonds is 7. The van der Waals surface area contributed by atoms with Gasteiger partial charge in [-0.1, -0.05) is 13.8 Å². The highest BCUT2D eigenvalue weighted by atomic mass is 16.5. The van der Waals surface area contributed by atoms with E-state index in [0.29, 0.717) is 12.1 Å². The van der Waals surface area contributed by atoms with Crippen molar-refractivity contribution in [2.75, 3.05) is 33.3 Å². The normalized spacial score (nSPS) is 24.2. The minimum atomic E-state index is 0.446. The van der Waals surface area contributed by atoms with E-state index in [-0.39, 0.29) is 0 Å². The van der Waals surface area contributed by atoms with Gasteiger partial charge in [-0.15, -0.1) is 0 Å². The average molecular weight is 242 g/mol. The number of likely N-dealkylation sites (tertiary alicyclic amines) is 1. The van der Waals surface area contributed by atoms with Crippen LogP contribution in [0.3, 0.4) is 0 Å². The van der Waals surface area contributed by atoms with Crippen LogP contribution in [0.25, 0.3) is 0 Å². The zero-order valence-corrected chi connectivity index (χ0v) is 12.0. The van der Waals surface area contributed by atoms with Crippen LogP contribution in [0.4, 0.5) is 0 Å². The molecule has 1 rings (SSSR count). The maximum absolute atomic E-state index is 5.47. The molecule has 0 bridgehead atoms. The van der Waals surface area contributed by atoms with Crippen LogP contribution in [0.1, 0.15) is 40.0 Å². The summed E-state index contributed by atoms with van der Waals surface area (Å²) in [5.74, 6) is 0.797. The summed E-state index contributed by atoms with van der Waals surface area (Å²) >= 11 is 0. The number of hydrogen-bond donors (Lipinski definition) is 1. The molecule has 0 aromatic heterocycles. The third kappa shape index (κ3) is 5.84. The Morgan fingerprint density at radius 3 is 2.76 bits per heavy atom. The Kier molecular flexibility index (Phi) is 7.09. The van der Waals surface area contributed by atoms with Gasteiger partial charge in [0, 0.05) is 26.2 Å². The standard InChI is InChI=1S/C14H30N2O/c1-12(2)7-8-15-10-13(3)16-9-5-6-14(11-16)17-4/h12-15H,5-11H2,1-4H3. The lowest BCUT2D eigenvalue weighted by Gasteiger charge is -2.36. The van der Waals surface area contributed by atoms with Crippen molar-refractivity contribution in [3.05, 3.63) is 0 Å². The van der Waals surface area contributed by atoms with Gasteiger partial charge in [-0.3, -0.25) is 4.90 Å². The lowest BCUT2D eigenvalue weighted by molar-refractivity contribution is 0.0176. The largest absolute Gasteiger partial charge is 0.380 e. The second kappa shape index (κ2) is 8.06. The van der Waals surface area contributed by atoms with Crippen LogP contribution in [0.15, 0.2) is 0 Å². The molecule has 102 valence electrons. The lowest BCUT2D eigenvalue weighted by Crippen LogP contribution is -2.47. The Balaban J connectivity index is 2.15. The molecular weight excluding hydrogens is 212 g/mol. The van der Waals surface area contributed by atoms with Crippen molar-refractivity contribution in [2.24, 2.45) is 5.92 Å². The summed E-state index contributed by atoms with van der Waals surface area (Å²) in [6.07, 6.45) is 4.21. The zero-order chi connectivity index (χ0) is 12.7. The van der Waals surface area contributed by atoms with Gasteiger partial charge in [0.15, 0.2) is 0 Å². The molecule has 1 heterocycles. The van der Waals surface area contributed by atoms with Crippen LogP contribution in [-0.4, -0.2) is 50.3 Å². The first-order valence-electron chi connectivity index (χ1n) is 7.11. The quantitative estimate of drug-likeness (QED) is 0.692. The predicted octanol–water partition coefficient (Wildman–Crippen LogP) is 2.12. The van der Waals surface area contributed by atoms with Gasteiger partial charge in [0.05, 0.1) is 6.10 Å². The van der Waals surface area contributed by atoms with Crippen molar-refractivity contribution >= 4 is 0 Å². The molecule has 0 aromatic rings. The second-order valence-electron chi connectivity index (χ2n) is 5.73. The third-order valence-corrected chi connectivity index (χ3v) is 3.70. The first-order chi connectivity index (χ1) is 8.13. The van der Waals surface area contributed by atoms with Gasteiger partial charge in [0.1, 0.15) is 0 Å². The van der Waals surface area contributed by atoms with Gasteiger partial charge < -0.3 is 10.1 Å². The molecule has 2 unspecified atom stereocenters. The summed E-state index contributed by atoms with van der Waals surface area (Å²) < 4.78 is 5.47. The maximum atomic E-state index is 5.47. The Hall–Kier alpha value is -0.120. The smallest absolute Gasteiger partial charge is 0.0698 e. The summed E-state index contributed by atoms with van der Waals surface area (Å²) in [4.78, 5) is 2.56. The molecule has 0 amide bonds. The number of methoxy groups -OCH3 is 1. The van der Waals surface area contributed by atoms with Crippen molar-refractivity contribution < 1.29 is 4.74 Å². The molecule has 1 fully saturated rings. The fraction of sp³-hybridized carbons (Fsp3) is 1.00. The fourth-order valence-electron chi connectivity index (χ4n) is 2.39. The first-order valence-corrected chi connectivity index (χ1v) is 7.11. The molecule has 0 spiro atoms. The average Bonchev–Trinajstić information content (AvgIpc) is 2.34. The molecule has 1 aliphatic rings. The summed E-state index contributed by atoms with van der Waals surface area (Å²) in [6.45, 7) is 11.4. The van der Waals surface area contributed by atoms with Crippen LogP contribution >= 0.6 is 0 Å². The molecular formula is C14H30N2O. The Morgan fingerprint density at radius 1 is 1.35 bits per heavy atom. The number of ether oxygens (including phenoxy) is 1. The van der Waals surface area contributed by atoms with E-state index in [1.165, 1.54) is 25.8 Å². The maximum Gasteiger partial charge on any atom is 0.0698 e. The highest BCUT2D eigenvalue weighted by Gasteiger charge is 2.22. The highest BCUT2D eigenvalue weighted by Crippen LogP contribution is 2.14. The highest BCUT2D eigenvalue weighted by molar-refractivity contribution is 4.78. The molecule has 2 atom stereocenters. The van der Waals surface area contributed by atoms with E-state index >= 15 is 0 Å². The molecule has 17 heavy (non-hydrogen) atoms. The van der Waals surface area contributed by atoms with E-state index in [1.54, 1.807) is 0 Å². The second-order valence-corrected chi connectivity index (χ2v) is 5.73. The van der Waals surface area contributed by atoms with Crippen molar-refractivity contribution in [2.45, 2.75) is 52.2 Å².